The average Bonchev–Trinajstić information content (AvgIpc) is 2.38. The highest BCUT2D eigenvalue weighted by Crippen LogP contribution is 2.27. The fourth-order valence-electron chi connectivity index (χ4n) is 2.16. The number of benzene rings is 1. The van der Waals surface area contributed by atoms with Gasteiger partial charge in [0.15, 0.2) is 11.6 Å². The van der Waals surface area contributed by atoms with Crippen molar-refractivity contribution in [2.24, 2.45) is 5.73 Å². The molecule has 1 fully saturated rings. The molecule has 1 unspecified atom stereocenters. The summed E-state index contributed by atoms with van der Waals surface area (Å²) in [5.41, 5.74) is 5.80. The van der Waals surface area contributed by atoms with E-state index in [9.17, 15) is 13.2 Å². The number of thioether (sulfide) groups is 1. The molecular formula is C12H15F3N2S. The van der Waals surface area contributed by atoms with Gasteiger partial charge in [-0.2, -0.15) is 11.8 Å². The second-order valence-electron chi connectivity index (χ2n) is 4.19. The van der Waals surface area contributed by atoms with Gasteiger partial charge in [0.05, 0.1) is 6.04 Å². The lowest BCUT2D eigenvalue weighted by Gasteiger charge is -2.34. The van der Waals surface area contributed by atoms with Crippen LogP contribution in [0.3, 0.4) is 0 Å². The number of hydrogen-bond acceptors (Lipinski definition) is 3. The summed E-state index contributed by atoms with van der Waals surface area (Å²) in [7, 11) is 0. The van der Waals surface area contributed by atoms with Crippen LogP contribution < -0.4 is 5.73 Å². The lowest BCUT2D eigenvalue weighted by Crippen LogP contribution is -2.39. The summed E-state index contributed by atoms with van der Waals surface area (Å²) in [4.78, 5) is 2.02. The molecule has 1 aliphatic rings. The van der Waals surface area contributed by atoms with E-state index >= 15 is 0 Å². The van der Waals surface area contributed by atoms with Crippen LogP contribution in [0.4, 0.5) is 13.2 Å². The molecule has 2 N–H and O–H groups in total. The Bertz CT molecular complexity index is 422. The van der Waals surface area contributed by atoms with Crippen molar-refractivity contribution in [1.29, 1.82) is 0 Å². The Morgan fingerprint density at radius 2 is 1.72 bits per heavy atom. The van der Waals surface area contributed by atoms with Gasteiger partial charge < -0.3 is 5.73 Å². The second-order valence-corrected chi connectivity index (χ2v) is 5.41. The van der Waals surface area contributed by atoms with E-state index in [1.165, 1.54) is 0 Å². The van der Waals surface area contributed by atoms with Gasteiger partial charge in [0.25, 0.3) is 0 Å². The minimum Gasteiger partial charge on any atom is -0.329 e. The molecule has 1 aromatic carbocycles. The van der Waals surface area contributed by atoms with Crippen molar-refractivity contribution in [3.05, 3.63) is 35.1 Å². The lowest BCUT2D eigenvalue weighted by molar-refractivity contribution is 0.218. The summed E-state index contributed by atoms with van der Waals surface area (Å²) in [6.07, 6.45) is 0. The molecule has 0 saturated carbocycles. The van der Waals surface area contributed by atoms with Gasteiger partial charge in [-0.15, -0.1) is 0 Å². The largest absolute Gasteiger partial charge is 0.329 e. The molecule has 0 aromatic heterocycles. The third-order valence-electron chi connectivity index (χ3n) is 3.11. The molecule has 2 rings (SSSR count). The maximum atomic E-state index is 13.7. The summed E-state index contributed by atoms with van der Waals surface area (Å²) in [5.74, 6) is -1.04. The zero-order chi connectivity index (χ0) is 13.1. The Morgan fingerprint density at radius 3 is 2.33 bits per heavy atom. The maximum absolute atomic E-state index is 13.7. The second kappa shape index (κ2) is 5.95. The zero-order valence-corrected chi connectivity index (χ0v) is 10.7. The van der Waals surface area contributed by atoms with E-state index in [1.54, 1.807) is 0 Å². The molecule has 0 aliphatic carbocycles. The van der Waals surface area contributed by atoms with Gasteiger partial charge in [0.1, 0.15) is 5.82 Å². The van der Waals surface area contributed by atoms with Crippen LogP contribution in [0.2, 0.25) is 0 Å². The fourth-order valence-corrected chi connectivity index (χ4v) is 3.09. The van der Waals surface area contributed by atoms with E-state index in [0.717, 1.165) is 30.7 Å². The summed E-state index contributed by atoms with van der Waals surface area (Å²) in [5, 5.41) is 0. The van der Waals surface area contributed by atoms with Crippen molar-refractivity contribution < 1.29 is 13.2 Å². The first kappa shape index (κ1) is 13.7. The summed E-state index contributed by atoms with van der Waals surface area (Å²) in [6.45, 7) is 1.75. The normalized spacial score (nSPS) is 18.9. The van der Waals surface area contributed by atoms with Crippen molar-refractivity contribution in [2.45, 2.75) is 6.04 Å². The Morgan fingerprint density at radius 1 is 1.11 bits per heavy atom. The molecule has 1 atom stereocenters. The minimum atomic E-state index is -1.17. The molecule has 0 spiro atoms. The van der Waals surface area contributed by atoms with E-state index in [-0.39, 0.29) is 18.2 Å². The van der Waals surface area contributed by atoms with Crippen molar-refractivity contribution in [3.63, 3.8) is 0 Å². The highest BCUT2D eigenvalue weighted by Gasteiger charge is 2.25. The van der Waals surface area contributed by atoms with Crippen LogP contribution in [0.25, 0.3) is 0 Å². The molecule has 0 radical (unpaired) electrons. The van der Waals surface area contributed by atoms with Crippen molar-refractivity contribution >= 4 is 11.8 Å². The molecule has 6 heteroatoms. The van der Waals surface area contributed by atoms with Gasteiger partial charge in [-0.3, -0.25) is 4.90 Å². The van der Waals surface area contributed by atoms with E-state index in [0.29, 0.717) is 6.07 Å². The Labute approximate surface area is 108 Å². The topological polar surface area (TPSA) is 29.3 Å². The average molecular weight is 276 g/mol. The highest BCUT2D eigenvalue weighted by atomic mass is 32.2. The summed E-state index contributed by atoms with van der Waals surface area (Å²) >= 11 is 1.82. The van der Waals surface area contributed by atoms with Gasteiger partial charge in [-0.25, -0.2) is 13.2 Å². The summed E-state index contributed by atoms with van der Waals surface area (Å²) < 4.78 is 39.9. The molecule has 1 aliphatic heterocycles. The van der Waals surface area contributed by atoms with Gasteiger partial charge in [0.2, 0.25) is 0 Å². The van der Waals surface area contributed by atoms with Crippen molar-refractivity contribution in [2.75, 3.05) is 31.1 Å². The molecule has 0 amide bonds. The number of halogens is 3. The van der Waals surface area contributed by atoms with Crippen LogP contribution in [-0.4, -0.2) is 36.0 Å². The van der Waals surface area contributed by atoms with Crippen LogP contribution in [0, 0.1) is 17.5 Å². The first-order valence-electron chi connectivity index (χ1n) is 5.79. The predicted molar refractivity (Wildman–Crippen MR) is 67.0 cm³/mol. The van der Waals surface area contributed by atoms with Crippen LogP contribution in [0.1, 0.15) is 11.6 Å². The van der Waals surface area contributed by atoms with E-state index in [1.807, 2.05) is 16.7 Å². The van der Waals surface area contributed by atoms with E-state index in [2.05, 4.69) is 0 Å². The number of nitrogens with zero attached hydrogens (tertiary/aromatic N) is 1. The third kappa shape index (κ3) is 2.81. The standard InChI is InChI=1S/C12H15F3N2S/c13-9-6-11(15)10(14)5-8(9)12(7-16)17-1-3-18-4-2-17/h5-6,12H,1-4,7,16H2. The Kier molecular flexibility index (Phi) is 4.53. The monoisotopic (exact) mass is 276 g/mol. The molecule has 0 bridgehead atoms. The SMILES string of the molecule is NCC(c1cc(F)c(F)cc1F)N1CCSCC1. The molecular weight excluding hydrogens is 261 g/mol. The molecule has 2 nitrogen and oxygen atoms in total. The van der Waals surface area contributed by atoms with Gasteiger partial charge in [0, 0.05) is 42.8 Å². The summed E-state index contributed by atoms with van der Waals surface area (Å²) in [6, 6.07) is 1.12. The quantitative estimate of drug-likeness (QED) is 0.858. The van der Waals surface area contributed by atoms with E-state index in [4.69, 9.17) is 5.73 Å². The van der Waals surface area contributed by atoms with Gasteiger partial charge in [-0.1, -0.05) is 0 Å². The first-order valence-corrected chi connectivity index (χ1v) is 6.95. The Balaban J connectivity index is 2.28. The molecule has 1 aromatic rings. The predicted octanol–water partition coefficient (Wildman–Crippen LogP) is 2.15. The third-order valence-corrected chi connectivity index (χ3v) is 4.05. The smallest absolute Gasteiger partial charge is 0.161 e. The van der Waals surface area contributed by atoms with Gasteiger partial charge >= 0.3 is 0 Å². The first-order chi connectivity index (χ1) is 8.63. The number of hydrogen-bond donors (Lipinski definition) is 1. The molecule has 1 saturated heterocycles. The minimum absolute atomic E-state index is 0.142. The van der Waals surface area contributed by atoms with E-state index < -0.39 is 17.5 Å². The molecule has 100 valence electrons. The van der Waals surface area contributed by atoms with Crippen LogP contribution in [0.15, 0.2) is 12.1 Å². The fraction of sp³-hybridized carbons (Fsp3) is 0.500. The highest BCUT2D eigenvalue weighted by molar-refractivity contribution is 7.99. The zero-order valence-electron chi connectivity index (χ0n) is 9.83. The maximum Gasteiger partial charge on any atom is 0.161 e. The number of rotatable bonds is 3. The molecule has 1 heterocycles. The van der Waals surface area contributed by atoms with Crippen molar-refractivity contribution in [3.8, 4) is 0 Å². The number of nitrogens with two attached hydrogens (primary N) is 1. The molecule has 18 heavy (non-hydrogen) atoms. The van der Waals surface area contributed by atoms with Gasteiger partial charge in [-0.05, 0) is 6.07 Å². The van der Waals surface area contributed by atoms with Crippen molar-refractivity contribution in [1.82, 2.24) is 4.90 Å². The van der Waals surface area contributed by atoms with Crippen LogP contribution >= 0.6 is 11.8 Å². The van der Waals surface area contributed by atoms with Crippen LogP contribution in [0.5, 0.6) is 0 Å². The lowest BCUT2D eigenvalue weighted by atomic mass is 10.0. The van der Waals surface area contributed by atoms with Crippen LogP contribution in [-0.2, 0) is 0 Å². The Hall–Kier alpha value is -0.720.